The first-order valence-corrected chi connectivity index (χ1v) is 23.8. The number of nitrogens with zero attached hydrogens (tertiary/aromatic N) is 6. The first-order valence-electron chi connectivity index (χ1n) is 20.0. The predicted octanol–water partition coefficient (Wildman–Crippen LogP) is 9.38. The summed E-state index contributed by atoms with van der Waals surface area (Å²) in [7, 11) is -6.21. The van der Waals surface area contributed by atoms with Crippen molar-refractivity contribution in [3.63, 3.8) is 0 Å². The minimum Gasteiger partial charge on any atom is -0.379 e. The molecule has 13 nitrogen and oxygen atoms in total. The lowest BCUT2D eigenvalue weighted by atomic mass is 9.81. The normalized spacial score (nSPS) is 15.2. The Morgan fingerprint density at radius 2 is 1.21 bits per heavy atom. The van der Waals surface area contributed by atoms with Gasteiger partial charge in [-0.3, -0.25) is 9.44 Å². The molecule has 0 unspecified atom stereocenters. The van der Waals surface area contributed by atoms with Crippen molar-refractivity contribution >= 4 is 54.6 Å². The molecule has 7 rings (SSSR count). The summed E-state index contributed by atoms with van der Waals surface area (Å²) < 4.78 is 70.5. The maximum Gasteiger partial charge on any atom is 0.261 e. The average Bonchev–Trinajstić information content (AvgIpc) is 3.81. The average molecular weight is 906 g/mol. The van der Waals surface area contributed by atoms with E-state index in [-0.39, 0.29) is 21.2 Å². The van der Waals surface area contributed by atoms with E-state index in [0.29, 0.717) is 76.1 Å². The van der Waals surface area contributed by atoms with Gasteiger partial charge < -0.3 is 13.9 Å². The van der Waals surface area contributed by atoms with E-state index in [9.17, 15) is 16.8 Å². The van der Waals surface area contributed by atoms with Gasteiger partial charge >= 0.3 is 0 Å². The lowest BCUT2D eigenvalue weighted by molar-refractivity contribution is 0.0584. The third-order valence-electron chi connectivity index (χ3n) is 11.1. The number of sulfonamides is 2. The number of ether oxygens (including phenoxy) is 1. The zero-order valence-corrected chi connectivity index (χ0v) is 38.3. The summed E-state index contributed by atoms with van der Waals surface area (Å²) in [6.07, 6.45) is 2.69. The quantitative estimate of drug-likeness (QED) is 0.115. The Kier molecular flexibility index (Phi) is 12.5. The molecule has 1 fully saturated rings. The van der Waals surface area contributed by atoms with E-state index in [0.717, 1.165) is 29.8 Å². The number of aromatic nitrogens is 6. The van der Waals surface area contributed by atoms with Gasteiger partial charge in [0.2, 0.25) is 0 Å². The summed E-state index contributed by atoms with van der Waals surface area (Å²) >= 11 is 12.9. The van der Waals surface area contributed by atoms with Crippen LogP contribution in [0.2, 0.25) is 10.0 Å². The Bertz CT molecular complexity index is 2780. The number of hydrogen-bond acceptors (Lipinski definition) is 9. The van der Waals surface area contributed by atoms with Crippen LogP contribution in [0.3, 0.4) is 0 Å². The monoisotopic (exact) mass is 904 g/mol. The molecule has 1 aliphatic heterocycles. The summed E-state index contributed by atoms with van der Waals surface area (Å²) in [6.45, 7) is 13.3. The fraction of sp³-hybridized carbons (Fsp3) is 0.364. The van der Waals surface area contributed by atoms with E-state index in [1.165, 1.54) is 0 Å². The first kappa shape index (κ1) is 44.3. The fourth-order valence-corrected chi connectivity index (χ4v) is 10.1. The maximum atomic E-state index is 13.8. The van der Waals surface area contributed by atoms with Crippen LogP contribution in [0.5, 0.6) is 0 Å². The van der Waals surface area contributed by atoms with Crippen molar-refractivity contribution < 1.29 is 21.6 Å². The minimum atomic E-state index is -4.03. The van der Waals surface area contributed by atoms with Gasteiger partial charge in [0.15, 0.2) is 11.6 Å². The van der Waals surface area contributed by atoms with Crippen molar-refractivity contribution in [2.24, 2.45) is 7.05 Å². The van der Waals surface area contributed by atoms with E-state index >= 15 is 0 Å². The molecular weight excluding hydrogens is 856 g/mol. The Morgan fingerprint density at radius 3 is 1.70 bits per heavy atom. The standard InChI is InChI=1S/C44H50Cl2N8O5S2/c1-8-39-47-49-41(53(39)7)35-24-30(45)15-21-37(35)51-61(57,58)34-19-13-29(14-20-34)44(5,6)26-40-48-50-42(54(40)32-10-9-23-59-27-32)36-25-31(46)16-22-38(36)52-60(55,56)33-17-11-28(12-18-33)43(2,3)4/h11-22,24-25,32,51-52H,8-10,23,26-27H2,1-7H3/t32-/m0/s1. The summed E-state index contributed by atoms with van der Waals surface area (Å²) in [5.41, 5.74) is 2.79. The van der Waals surface area contributed by atoms with E-state index in [4.69, 9.17) is 33.0 Å². The summed E-state index contributed by atoms with van der Waals surface area (Å²) in [6, 6.07) is 23.4. The highest BCUT2D eigenvalue weighted by atomic mass is 35.5. The van der Waals surface area contributed by atoms with Crippen LogP contribution in [0.4, 0.5) is 11.4 Å². The third kappa shape index (κ3) is 9.51. The molecule has 1 saturated heterocycles. The largest absolute Gasteiger partial charge is 0.379 e. The van der Waals surface area contributed by atoms with Crippen molar-refractivity contribution in [3.8, 4) is 22.8 Å². The van der Waals surface area contributed by atoms with Crippen LogP contribution in [-0.4, -0.2) is 59.6 Å². The Labute approximate surface area is 368 Å². The van der Waals surface area contributed by atoms with Gasteiger partial charge in [0, 0.05) is 47.7 Å². The highest BCUT2D eigenvalue weighted by molar-refractivity contribution is 7.93. The molecule has 322 valence electrons. The summed E-state index contributed by atoms with van der Waals surface area (Å²) in [5, 5.41) is 18.7. The number of nitrogens with one attached hydrogen (secondary N) is 2. The molecule has 2 aromatic heterocycles. The number of anilines is 2. The number of aryl methyl sites for hydroxylation is 1. The summed E-state index contributed by atoms with van der Waals surface area (Å²) in [5.74, 6) is 2.34. The Hall–Kier alpha value is -4.80. The van der Waals surface area contributed by atoms with Crippen LogP contribution >= 0.6 is 23.2 Å². The van der Waals surface area contributed by atoms with Gasteiger partial charge in [-0.25, -0.2) is 16.8 Å². The second-order valence-electron chi connectivity index (χ2n) is 17.0. The molecule has 4 aromatic carbocycles. The van der Waals surface area contributed by atoms with Crippen LogP contribution in [0.25, 0.3) is 22.8 Å². The SMILES string of the molecule is CCc1nnc(-c2cc(Cl)ccc2NS(=O)(=O)c2ccc(C(C)(C)Cc3nnc(-c4cc(Cl)ccc4NS(=O)(=O)c4ccc(C(C)(C)C)cc4)n3[C@H]3CCCOC3)cc2)n1C. The van der Waals surface area contributed by atoms with Crippen molar-refractivity contribution in [1.29, 1.82) is 0 Å². The number of benzene rings is 4. The molecule has 2 N–H and O–H groups in total. The van der Waals surface area contributed by atoms with Crippen LogP contribution in [0.15, 0.2) is 94.7 Å². The molecule has 0 aliphatic carbocycles. The van der Waals surface area contributed by atoms with Crippen molar-refractivity contribution in [2.75, 3.05) is 22.7 Å². The van der Waals surface area contributed by atoms with Crippen molar-refractivity contribution in [3.05, 3.63) is 118 Å². The Balaban J connectivity index is 1.18. The molecule has 6 aromatic rings. The number of halogens is 2. The minimum absolute atomic E-state index is 0.0750. The first-order chi connectivity index (χ1) is 28.8. The molecular formula is C44H50Cl2N8O5S2. The van der Waals surface area contributed by atoms with E-state index in [1.54, 1.807) is 72.8 Å². The second-order valence-corrected chi connectivity index (χ2v) is 21.2. The van der Waals surface area contributed by atoms with Crippen LogP contribution in [-0.2, 0) is 55.5 Å². The van der Waals surface area contributed by atoms with Crippen LogP contribution < -0.4 is 9.44 Å². The van der Waals surface area contributed by atoms with Crippen LogP contribution in [0, 0.1) is 0 Å². The van der Waals surface area contributed by atoms with Gasteiger partial charge in [-0.1, -0.05) is 89.0 Å². The molecule has 0 amide bonds. The molecule has 61 heavy (non-hydrogen) atoms. The van der Waals surface area contributed by atoms with Gasteiger partial charge in [0.1, 0.15) is 11.6 Å². The topological polar surface area (TPSA) is 163 Å². The smallest absolute Gasteiger partial charge is 0.261 e. The molecule has 0 spiro atoms. The zero-order chi connectivity index (χ0) is 43.9. The van der Waals surface area contributed by atoms with Crippen molar-refractivity contribution in [1.82, 2.24) is 29.5 Å². The molecule has 0 radical (unpaired) electrons. The lowest BCUT2D eigenvalue weighted by Gasteiger charge is -2.30. The van der Waals surface area contributed by atoms with Gasteiger partial charge in [-0.2, -0.15) is 0 Å². The van der Waals surface area contributed by atoms with E-state index < -0.39 is 25.5 Å². The number of hydrogen-bond donors (Lipinski definition) is 2. The highest BCUT2D eigenvalue weighted by Crippen LogP contribution is 2.38. The molecule has 1 aliphatic rings. The molecule has 1 atom stereocenters. The molecule has 17 heteroatoms. The Morgan fingerprint density at radius 1 is 0.705 bits per heavy atom. The molecule has 0 saturated carbocycles. The highest BCUT2D eigenvalue weighted by Gasteiger charge is 2.31. The lowest BCUT2D eigenvalue weighted by Crippen LogP contribution is -2.28. The van der Waals surface area contributed by atoms with Crippen molar-refractivity contribution in [2.45, 2.75) is 93.9 Å². The van der Waals surface area contributed by atoms with Gasteiger partial charge in [0.25, 0.3) is 20.0 Å². The van der Waals surface area contributed by atoms with Gasteiger partial charge in [-0.15, -0.1) is 20.4 Å². The van der Waals surface area contributed by atoms with Gasteiger partial charge in [0.05, 0.1) is 33.8 Å². The fourth-order valence-electron chi connectivity index (χ4n) is 7.55. The van der Waals surface area contributed by atoms with Crippen LogP contribution in [0.1, 0.15) is 83.2 Å². The maximum absolute atomic E-state index is 13.8. The second kappa shape index (κ2) is 17.2. The third-order valence-corrected chi connectivity index (χ3v) is 14.3. The van der Waals surface area contributed by atoms with E-state index in [2.05, 4.69) is 59.4 Å². The molecule has 3 heterocycles. The number of rotatable bonds is 13. The van der Waals surface area contributed by atoms with Gasteiger partial charge in [-0.05, 0) is 95.5 Å². The van der Waals surface area contributed by atoms with E-state index in [1.807, 2.05) is 35.2 Å². The predicted molar refractivity (Wildman–Crippen MR) is 240 cm³/mol. The summed E-state index contributed by atoms with van der Waals surface area (Å²) in [4.78, 5) is 0.203. The molecule has 0 bridgehead atoms. The zero-order valence-electron chi connectivity index (χ0n) is 35.2.